The average molecular weight is 413 g/mol. The number of carbonyl (C=O) groups excluding carboxylic acids is 1. The number of Topliss-reactive ketones (excluding diaryl/α,β-unsaturated/α-hetero) is 1. The topological polar surface area (TPSA) is 127 Å². The molecule has 0 amide bonds. The van der Waals surface area contributed by atoms with Crippen molar-refractivity contribution in [2.45, 2.75) is 90.5 Å². The van der Waals surface area contributed by atoms with Crippen molar-refractivity contribution in [1.82, 2.24) is 0 Å². The molecular formula is C22H36O7. The van der Waals surface area contributed by atoms with E-state index in [9.17, 15) is 30.3 Å². The van der Waals surface area contributed by atoms with Gasteiger partial charge in [-0.05, 0) is 44.8 Å². The highest BCUT2D eigenvalue weighted by atomic mass is 16.6. The number of rotatable bonds is 1. The maximum Gasteiger partial charge on any atom is 0.174 e. The third-order valence-electron chi connectivity index (χ3n) is 8.82. The van der Waals surface area contributed by atoms with Gasteiger partial charge in [-0.2, -0.15) is 0 Å². The molecular weight excluding hydrogens is 376 g/mol. The van der Waals surface area contributed by atoms with Crippen LogP contribution < -0.4 is 0 Å². The lowest BCUT2D eigenvalue weighted by atomic mass is 9.44. The van der Waals surface area contributed by atoms with Crippen LogP contribution in [0, 0.1) is 22.7 Å². The molecule has 2 saturated carbocycles. The Morgan fingerprint density at radius 1 is 1.17 bits per heavy atom. The van der Waals surface area contributed by atoms with E-state index in [2.05, 4.69) is 0 Å². The molecule has 3 rings (SSSR count). The first-order valence-electron chi connectivity index (χ1n) is 10.4. The zero-order valence-corrected chi connectivity index (χ0v) is 18.4. The zero-order valence-electron chi connectivity index (χ0n) is 18.4. The van der Waals surface area contributed by atoms with E-state index in [-0.39, 0.29) is 18.6 Å². The van der Waals surface area contributed by atoms with E-state index in [0.717, 1.165) is 0 Å². The Bertz CT molecular complexity index is 739. The van der Waals surface area contributed by atoms with Crippen molar-refractivity contribution in [3.63, 3.8) is 0 Å². The van der Waals surface area contributed by atoms with Crippen molar-refractivity contribution >= 4 is 5.78 Å². The number of hydrogen-bond donors (Lipinski definition) is 5. The first-order chi connectivity index (χ1) is 13.1. The molecule has 0 aromatic rings. The summed E-state index contributed by atoms with van der Waals surface area (Å²) in [5.41, 5.74) is -4.75. The normalized spacial score (nSPS) is 52.4. The second-order valence-electron chi connectivity index (χ2n) is 10.4. The Hall–Kier alpha value is -0.830. The third kappa shape index (κ3) is 2.68. The number of ether oxygens (including phenoxy) is 1. The highest BCUT2D eigenvalue weighted by Gasteiger charge is 2.72. The van der Waals surface area contributed by atoms with E-state index >= 15 is 0 Å². The van der Waals surface area contributed by atoms with Crippen LogP contribution in [0.3, 0.4) is 0 Å². The predicted octanol–water partition coefficient (Wildman–Crippen LogP) is 0.558. The van der Waals surface area contributed by atoms with Crippen LogP contribution in [0.5, 0.6) is 0 Å². The summed E-state index contributed by atoms with van der Waals surface area (Å²) in [6.07, 6.45) is -4.23. The van der Waals surface area contributed by atoms with Gasteiger partial charge in [-0.15, -0.1) is 0 Å². The first-order valence-corrected chi connectivity index (χ1v) is 10.4. The van der Waals surface area contributed by atoms with Gasteiger partial charge in [0.2, 0.25) is 0 Å². The second kappa shape index (κ2) is 6.58. The summed E-state index contributed by atoms with van der Waals surface area (Å²) in [4.78, 5) is 13.7. The van der Waals surface area contributed by atoms with Crippen LogP contribution in [0.4, 0.5) is 0 Å². The summed E-state index contributed by atoms with van der Waals surface area (Å²) in [5.74, 6) is -2.04. The standard InChI is InChI=1S/C22H36O7/c1-10(12(3)23)15-16(25)18(26)20(6)13(24)8-14-22(28,9-29-14)17(20)11(2)21(7,27)19(15,4)5/h11-14,16-17,23-25,27-28H,8-9H2,1-7H3/b15-10-/t11?,12?,13?,14?,16?,17?,20-,21?,22?/m1/s1. The molecule has 29 heavy (non-hydrogen) atoms. The van der Waals surface area contributed by atoms with Gasteiger partial charge in [-0.1, -0.05) is 20.8 Å². The molecule has 9 atom stereocenters. The molecule has 1 heterocycles. The number of aliphatic hydroxyl groups excluding tert-OH is 3. The molecule has 2 aliphatic carbocycles. The lowest BCUT2D eigenvalue weighted by Crippen LogP contribution is -2.78. The molecule has 1 saturated heterocycles. The fraction of sp³-hybridized carbons (Fsp3) is 0.864. The highest BCUT2D eigenvalue weighted by Crippen LogP contribution is 2.61. The van der Waals surface area contributed by atoms with Crippen molar-refractivity contribution < 1.29 is 35.1 Å². The van der Waals surface area contributed by atoms with Crippen LogP contribution in [-0.2, 0) is 9.53 Å². The van der Waals surface area contributed by atoms with Crippen molar-refractivity contribution in [2.75, 3.05) is 6.61 Å². The quantitative estimate of drug-likeness (QED) is 0.398. The lowest BCUT2D eigenvalue weighted by Gasteiger charge is -2.66. The van der Waals surface area contributed by atoms with Gasteiger partial charge in [0.15, 0.2) is 5.78 Å². The van der Waals surface area contributed by atoms with Crippen LogP contribution in [0.25, 0.3) is 0 Å². The average Bonchev–Trinajstić information content (AvgIpc) is 2.61. The molecule has 3 fully saturated rings. The molecule has 7 heteroatoms. The molecule has 0 aromatic carbocycles. The van der Waals surface area contributed by atoms with Crippen LogP contribution >= 0.6 is 0 Å². The summed E-state index contributed by atoms with van der Waals surface area (Å²) >= 11 is 0. The maximum atomic E-state index is 13.7. The molecule has 7 nitrogen and oxygen atoms in total. The minimum Gasteiger partial charge on any atom is -0.392 e. The van der Waals surface area contributed by atoms with Gasteiger partial charge >= 0.3 is 0 Å². The molecule has 5 N–H and O–H groups in total. The molecule has 0 aromatic heterocycles. The molecule has 8 unspecified atom stereocenters. The van der Waals surface area contributed by atoms with Gasteiger partial charge < -0.3 is 30.3 Å². The Morgan fingerprint density at radius 3 is 2.17 bits per heavy atom. The van der Waals surface area contributed by atoms with Crippen molar-refractivity contribution in [2.24, 2.45) is 22.7 Å². The van der Waals surface area contributed by atoms with Gasteiger partial charge in [0.1, 0.15) is 11.7 Å². The highest BCUT2D eigenvalue weighted by molar-refractivity contribution is 5.93. The number of aliphatic hydroxyl groups is 5. The fourth-order valence-electron chi connectivity index (χ4n) is 6.25. The van der Waals surface area contributed by atoms with E-state index < -0.39 is 64.1 Å². The summed E-state index contributed by atoms with van der Waals surface area (Å²) in [6.45, 7) is 11.7. The monoisotopic (exact) mass is 412 g/mol. The largest absolute Gasteiger partial charge is 0.392 e. The van der Waals surface area contributed by atoms with Crippen LogP contribution in [-0.4, -0.2) is 73.5 Å². The molecule has 0 spiro atoms. The maximum absolute atomic E-state index is 13.7. The summed E-state index contributed by atoms with van der Waals surface area (Å²) in [6, 6.07) is 0. The van der Waals surface area contributed by atoms with E-state index in [1.54, 1.807) is 48.5 Å². The lowest BCUT2D eigenvalue weighted by molar-refractivity contribution is -0.333. The molecule has 1 aliphatic heterocycles. The third-order valence-corrected chi connectivity index (χ3v) is 8.82. The van der Waals surface area contributed by atoms with Gasteiger partial charge in [-0.25, -0.2) is 0 Å². The van der Waals surface area contributed by atoms with E-state index in [1.807, 2.05) is 0 Å². The summed E-state index contributed by atoms with van der Waals surface area (Å²) in [7, 11) is 0. The Balaban J connectivity index is 2.32. The van der Waals surface area contributed by atoms with Crippen molar-refractivity contribution in [1.29, 1.82) is 0 Å². The molecule has 0 radical (unpaired) electrons. The van der Waals surface area contributed by atoms with Crippen LogP contribution in [0.1, 0.15) is 54.9 Å². The van der Waals surface area contributed by atoms with Gasteiger partial charge in [0, 0.05) is 17.8 Å². The fourth-order valence-corrected chi connectivity index (χ4v) is 6.25. The van der Waals surface area contributed by atoms with Crippen LogP contribution in [0.2, 0.25) is 0 Å². The smallest absolute Gasteiger partial charge is 0.174 e. The number of fused-ring (bicyclic) bond motifs is 3. The zero-order chi connectivity index (χ0) is 22.3. The van der Waals surface area contributed by atoms with Gasteiger partial charge in [-0.3, -0.25) is 4.79 Å². The minimum absolute atomic E-state index is 0.0181. The van der Waals surface area contributed by atoms with Gasteiger partial charge in [0.25, 0.3) is 0 Å². The van der Waals surface area contributed by atoms with E-state index in [4.69, 9.17) is 4.74 Å². The second-order valence-corrected chi connectivity index (χ2v) is 10.4. The Morgan fingerprint density at radius 2 is 1.72 bits per heavy atom. The van der Waals surface area contributed by atoms with Crippen molar-refractivity contribution in [3.05, 3.63) is 11.1 Å². The number of hydrogen-bond acceptors (Lipinski definition) is 7. The van der Waals surface area contributed by atoms with E-state index in [0.29, 0.717) is 5.57 Å². The van der Waals surface area contributed by atoms with Crippen LogP contribution in [0.15, 0.2) is 11.1 Å². The Labute approximate surface area is 172 Å². The van der Waals surface area contributed by atoms with E-state index in [1.165, 1.54) is 0 Å². The predicted molar refractivity (Wildman–Crippen MR) is 106 cm³/mol. The summed E-state index contributed by atoms with van der Waals surface area (Å²) < 4.78 is 5.49. The number of carbonyl (C=O) groups is 1. The minimum atomic E-state index is -1.62. The summed E-state index contributed by atoms with van der Waals surface area (Å²) in [5, 5.41) is 55.7. The SMILES string of the molecule is C/C(=C1\C(O)C(=O)[C@]2(C)C(O)CC3OCC3(O)C2C(C)C(C)(O)C1(C)C)C(C)O. The first kappa shape index (κ1) is 22.8. The Kier molecular flexibility index (Phi) is 5.19. The molecule has 166 valence electrons. The van der Waals surface area contributed by atoms with Gasteiger partial charge in [0.05, 0.1) is 35.9 Å². The molecule has 0 bridgehead atoms. The van der Waals surface area contributed by atoms with Crippen molar-refractivity contribution in [3.8, 4) is 0 Å². The number of ketones is 1. The molecule has 3 aliphatic rings.